The second-order valence-electron chi connectivity index (χ2n) is 2.34. The Morgan fingerprint density at radius 3 is 3.14 bits per heavy atom. The van der Waals surface area contributed by atoms with E-state index in [4.69, 9.17) is 16.3 Å². The number of hydrogen-bond donors (Lipinski definition) is 1. The van der Waals surface area contributed by atoms with Gasteiger partial charge in [0.2, 0.25) is 0 Å². The van der Waals surface area contributed by atoms with E-state index in [1.807, 2.05) is 0 Å². The molecule has 0 spiro atoms. The maximum Gasteiger partial charge on any atom is 0.264 e. The molecule has 14 heavy (non-hydrogen) atoms. The van der Waals surface area contributed by atoms with Gasteiger partial charge in [0.15, 0.2) is 0 Å². The van der Waals surface area contributed by atoms with E-state index in [0.29, 0.717) is 30.5 Å². The zero-order chi connectivity index (χ0) is 10.2. The topological polar surface area (TPSA) is 64.1 Å². The summed E-state index contributed by atoms with van der Waals surface area (Å²) >= 11 is 6.46. The Morgan fingerprint density at radius 2 is 2.50 bits per heavy atom. The van der Waals surface area contributed by atoms with Crippen LogP contribution in [0.1, 0.15) is 9.67 Å². The molecule has 0 atom stereocenters. The molecular formula is C7H10ClN3O2S. The van der Waals surface area contributed by atoms with Crippen LogP contribution in [0.5, 0.6) is 0 Å². The lowest BCUT2D eigenvalue weighted by Gasteiger charge is -2.02. The predicted octanol–water partition coefficient (Wildman–Crippen LogP) is 0.523. The highest BCUT2D eigenvalue weighted by Crippen LogP contribution is 2.00. The SMILES string of the molecule is O=C(NCCOCCCl)c1cnns1. The summed E-state index contributed by atoms with van der Waals surface area (Å²) in [6, 6.07) is 0. The Balaban J connectivity index is 2.10. The Kier molecular flexibility index (Phi) is 5.43. The van der Waals surface area contributed by atoms with Crippen molar-refractivity contribution in [3.63, 3.8) is 0 Å². The van der Waals surface area contributed by atoms with Gasteiger partial charge in [0.1, 0.15) is 4.88 Å². The van der Waals surface area contributed by atoms with Crippen LogP contribution in [0.3, 0.4) is 0 Å². The number of amides is 1. The van der Waals surface area contributed by atoms with E-state index in [2.05, 4.69) is 14.9 Å². The average Bonchev–Trinajstić information content (AvgIpc) is 2.70. The third kappa shape index (κ3) is 3.99. The van der Waals surface area contributed by atoms with Crippen LogP contribution >= 0.6 is 23.1 Å². The Hall–Kier alpha value is -0.720. The van der Waals surface area contributed by atoms with Crippen molar-refractivity contribution in [3.8, 4) is 0 Å². The summed E-state index contributed by atoms with van der Waals surface area (Å²) in [5, 5.41) is 6.23. The summed E-state index contributed by atoms with van der Waals surface area (Å²) in [4.78, 5) is 11.8. The zero-order valence-corrected chi connectivity index (χ0v) is 8.98. The number of rotatable bonds is 6. The van der Waals surface area contributed by atoms with Gasteiger partial charge in [0.05, 0.1) is 19.4 Å². The van der Waals surface area contributed by atoms with Gasteiger partial charge in [-0.3, -0.25) is 4.79 Å². The molecule has 1 aromatic heterocycles. The van der Waals surface area contributed by atoms with E-state index >= 15 is 0 Å². The second kappa shape index (κ2) is 6.69. The number of nitrogens with zero attached hydrogens (tertiary/aromatic N) is 2. The van der Waals surface area contributed by atoms with Crippen molar-refractivity contribution in [2.75, 3.05) is 25.6 Å². The second-order valence-corrected chi connectivity index (χ2v) is 3.50. The molecule has 7 heteroatoms. The zero-order valence-electron chi connectivity index (χ0n) is 7.40. The first kappa shape index (κ1) is 11.4. The largest absolute Gasteiger partial charge is 0.378 e. The summed E-state index contributed by atoms with van der Waals surface area (Å²) in [5.74, 6) is 0.293. The van der Waals surface area contributed by atoms with E-state index in [-0.39, 0.29) is 5.91 Å². The molecule has 0 aromatic carbocycles. The molecule has 0 saturated heterocycles. The van der Waals surface area contributed by atoms with E-state index in [0.717, 1.165) is 11.5 Å². The fourth-order valence-electron chi connectivity index (χ4n) is 0.748. The number of carbonyl (C=O) groups is 1. The minimum absolute atomic E-state index is 0.172. The van der Waals surface area contributed by atoms with Gasteiger partial charge in [0, 0.05) is 12.4 Å². The highest BCUT2D eigenvalue weighted by Gasteiger charge is 2.06. The van der Waals surface area contributed by atoms with Crippen molar-refractivity contribution in [1.29, 1.82) is 0 Å². The molecule has 1 aromatic rings. The van der Waals surface area contributed by atoms with Crippen LogP contribution in [0.2, 0.25) is 0 Å². The van der Waals surface area contributed by atoms with Gasteiger partial charge >= 0.3 is 0 Å². The van der Waals surface area contributed by atoms with Crippen LogP contribution < -0.4 is 5.32 Å². The maximum absolute atomic E-state index is 11.3. The van der Waals surface area contributed by atoms with Crippen molar-refractivity contribution in [3.05, 3.63) is 11.1 Å². The third-order valence-corrected chi connectivity index (χ3v) is 2.16. The van der Waals surface area contributed by atoms with Crippen LogP contribution in [-0.4, -0.2) is 41.1 Å². The first-order valence-electron chi connectivity index (χ1n) is 4.04. The number of alkyl halides is 1. The molecule has 0 unspecified atom stereocenters. The monoisotopic (exact) mass is 235 g/mol. The molecule has 0 radical (unpaired) electrons. The third-order valence-electron chi connectivity index (χ3n) is 1.34. The fourth-order valence-corrected chi connectivity index (χ4v) is 1.29. The van der Waals surface area contributed by atoms with Crippen LogP contribution in [0.25, 0.3) is 0 Å². The average molecular weight is 236 g/mol. The van der Waals surface area contributed by atoms with E-state index in [1.165, 1.54) is 6.20 Å². The molecule has 0 aliphatic rings. The van der Waals surface area contributed by atoms with Crippen LogP contribution in [0.4, 0.5) is 0 Å². The molecule has 1 rings (SSSR count). The summed E-state index contributed by atoms with van der Waals surface area (Å²) in [6.45, 7) is 1.43. The van der Waals surface area contributed by atoms with Crippen molar-refractivity contribution in [1.82, 2.24) is 14.9 Å². The van der Waals surface area contributed by atoms with Crippen molar-refractivity contribution < 1.29 is 9.53 Å². The minimum atomic E-state index is -0.172. The minimum Gasteiger partial charge on any atom is -0.378 e. The number of ether oxygens (including phenoxy) is 1. The van der Waals surface area contributed by atoms with Gasteiger partial charge in [0.25, 0.3) is 5.91 Å². The predicted molar refractivity (Wildman–Crippen MR) is 53.8 cm³/mol. The lowest BCUT2D eigenvalue weighted by atomic mass is 10.5. The van der Waals surface area contributed by atoms with E-state index in [9.17, 15) is 4.79 Å². The molecule has 0 bridgehead atoms. The highest BCUT2D eigenvalue weighted by atomic mass is 35.5. The van der Waals surface area contributed by atoms with E-state index < -0.39 is 0 Å². The smallest absolute Gasteiger partial charge is 0.264 e. The van der Waals surface area contributed by atoms with Crippen molar-refractivity contribution in [2.24, 2.45) is 0 Å². The Bertz CT molecular complexity index is 268. The molecule has 78 valence electrons. The van der Waals surface area contributed by atoms with Gasteiger partial charge in [-0.1, -0.05) is 4.49 Å². The first-order chi connectivity index (χ1) is 6.84. The van der Waals surface area contributed by atoms with Gasteiger partial charge in [-0.2, -0.15) is 0 Å². The van der Waals surface area contributed by atoms with Crippen LogP contribution in [0.15, 0.2) is 6.20 Å². The molecule has 1 amide bonds. The number of halogens is 1. The fraction of sp³-hybridized carbons (Fsp3) is 0.571. The normalized spacial score (nSPS) is 10.1. The molecule has 0 aliphatic carbocycles. The number of carbonyl (C=O) groups excluding carboxylic acids is 1. The van der Waals surface area contributed by atoms with Gasteiger partial charge < -0.3 is 10.1 Å². The quantitative estimate of drug-likeness (QED) is 0.577. The van der Waals surface area contributed by atoms with Crippen LogP contribution in [0, 0.1) is 0 Å². The maximum atomic E-state index is 11.3. The van der Waals surface area contributed by atoms with Gasteiger partial charge in [-0.05, 0) is 11.5 Å². The number of aromatic nitrogens is 2. The first-order valence-corrected chi connectivity index (χ1v) is 5.34. The van der Waals surface area contributed by atoms with Gasteiger partial charge in [-0.25, -0.2) is 0 Å². The standard InChI is InChI=1S/C7H10ClN3O2S/c8-1-3-13-4-2-9-7(12)6-5-10-11-14-6/h5H,1-4H2,(H,9,12). The summed E-state index contributed by atoms with van der Waals surface area (Å²) in [6.07, 6.45) is 1.43. The molecule has 5 nitrogen and oxygen atoms in total. The van der Waals surface area contributed by atoms with Gasteiger partial charge in [-0.15, -0.1) is 16.7 Å². The Morgan fingerprint density at radius 1 is 1.64 bits per heavy atom. The Labute approximate surface area is 90.6 Å². The number of nitrogens with one attached hydrogen (secondary N) is 1. The summed E-state index contributed by atoms with van der Waals surface area (Å²) in [5.41, 5.74) is 0. The molecule has 1 N–H and O–H groups in total. The molecule has 0 fully saturated rings. The lowest BCUT2D eigenvalue weighted by molar-refractivity contribution is 0.0927. The van der Waals surface area contributed by atoms with E-state index in [1.54, 1.807) is 0 Å². The number of hydrogen-bond acceptors (Lipinski definition) is 5. The van der Waals surface area contributed by atoms with Crippen molar-refractivity contribution in [2.45, 2.75) is 0 Å². The molecule has 1 heterocycles. The summed E-state index contributed by atoms with van der Waals surface area (Å²) in [7, 11) is 0. The lowest BCUT2D eigenvalue weighted by Crippen LogP contribution is -2.26. The molecule has 0 aliphatic heterocycles. The van der Waals surface area contributed by atoms with Crippen LogP contribution in [-0.2, 0) is 4.74 Å². The highest BCUT2D eigenvalue weighted by molar-refractivity contribution is 7.07. The molecule has 0 saturated carbocycles. The summed E-state index contributed by atoms with van der Waals surface area (Å²) < 4.78 is 8.66. The molecular weight excluding hydrogens is 226 g/mol. The van der Waals surface area contributed by atoms with Crippen molar-refractivity contribution >= 4 is 29.0 Å².